The molecule has 0 heterocycles. The van der Waals surface area contributed by atoms with Crippen molar-refractivity contribution in [3.8, 4) is 0 Å². The topological polar surface area (TPSA) is 26.0 Å². The quantitative estimate of drug-likeness (QED) is 0.843. The summed E-state index contributed by atoms with van der Waals surface area (Å²) >= 11 is 6.95. The predicted octanol–water partition coefficient (Wildman–Crippen LogP) is 3.41. The molecule has 0 unspecified atom stereocenters. The number of hydrogen-bond donors (Lipinski definition) is 1. The minimum Gasteiger partial charge on any atom is -0.322 e. The van der Waals surface area contributed by atoms with E-state index in [0.29, 0.717) is 0 Å². The minimum atomic E-state index is -0.321. The highest BCUT2D eigenvalue weighted by molar-refractivity contribution is 9.11. The first-order chi connectivity index (χ1) is 5.43. The van der Waals surface area contributed by atoms with Crippen molar-refractivity contribution in [1.82, 2.24) is 0 Å². The number of hydrogen-bond acceptors (Lipinski definition) is 1. The molecule has 0 fully saturated rings. The summed E-state index contributed by atoms with van der Waals surface area (Å²) in [7, 11) is 0. The lowest BCUT2D eigenvalue weighted by Crippen LogP contribution is -2.29. The van der Waals surface area contributed by atoms with E-state index in [1.54, 1.807) is 0 Å². The Labute approximate surface area is 89.6 Å². The lowest BCUT2D eigenvalue weighted by Gasteiger charge is -2.22. The van der Waals surface area contributed by atoms with E-state index in [4.69, 9.17) is 5.73 Å². The number of rotatable bonds is 1. The zero-order valence-corrected chi connectivity index (χ0v) is 10.2. The highest BCUT2D eigenvalue weighted by Crippen LogP contribution is 2.32. The van der Waals surface area contributed by atoms with E-state index in [1.165, 1.54) is 0 Å². The van der Waals surface area contributed by atoms with Crippen LogP contribution in [0, 0.1) is 0 Å². The molecule has 0 saturated heterocycles. The Hall–Kier alpha value is 0.140. The Morgan fingerprint density at radius 2 is 1.58 bits per heavy atom. The molecule has 0 bridgehead atoms. The summed E-state index contributed by atoms with van der Waals surface area (Å²) in [5.74, 6) is 0. The first-order valence-electron chi connectivity index (χ1n) is 3.66. The molecular formula is C9H11Br2N. The van der Waals surface area contributed by atoms with E-state index in [1.807, 2.05) is 32.0 Å². The average molecular weight is 293 g/mol. The van der Waals surface area contributed by atoms with Crippen LogP contribution in [0.25, 0.3) is 0 Å². The molecule has 0 atom stereocenters. The van der Waals surface area contributed by atoms with Gasteiger partial charge in [-0.15, -0.1) is 0 Å². The molecule has 0 amide bonds. The summed E-state index contributed by atoms with van der Waals surface area (Å²) in [6.45, 7) is 3.97. The largest absolute Gasteiger partial charge is 0.322 e. The molecule has 66 valence electrons. The maximum absolute atomic E-state index is 6.00. The van der Waals surface area contributed by atoms with Gasteiger partial charge in [0.25, 0.3) is 0 Å². The van der Waals surface area contributed by atoms with Crippen LogP contribution >= 0.6 is 31.9 Å². The van der Waals surface area contributed by atoms with Crippen molar-refractivity contribution in [2.45, 2.75) is 19.4 Å². The maximum Gasteiger partial charge on any atom is 0.0374 e. The van der Waals surface area contributed by atoms with Crippen LogP contribution in [0.15, 0.2) is 27.1 Å². The van der Waals surface area contributed by atoms with E-state index in [0.717, 1.165) is 14.5 Å². The van der Waals surface area contributed by atoms with Gasteiger partial charge in [0.1, 0.15) is 0 Å². The molecule has 1 aromatic carbocycles. The molecule has 0 spiro atoms. The first kappa shape index (κ1) is 10.2. The van der Waals surface area contributed by atoms with Crippen LogP contribution in [0.5, 0.6) is 0 Å². The van der Waals surface area contributed by atoms with Gasteiger partial charge in [-0.05, 0) is 31.5 Å². The van der Waals surface area contributed by atoms with Crippen LogP contribution < -0.4 is 5.73 Å². The Bertz CT molecular complexity index is 269. The second kappa shape index (κ2) is 3.48. The summed E-state index contributed by atoms with van der Waals surface area (Å²) in [6.07, 6.45) is 0. The molecule has 0 aromatic heterocycles. The Balaban J connectivity index is 3.31. The van der Waals surface area contributed by atoms with Gasteiger partial charge in [0.2, 0.25) is 0 Å². The first-order valence-corrected chi connectivity index (χ1v) is 5.25. The summed E-state index contributed by atoms with van der Waals surface area (Å²) in [4.78, 5) is 0. The second-order valence-corrected chi connectivity index (χ2v) is 5.03. The Morgan fingerprint density at radius 1 is 1.17 bits per heavy atom. The molecule has 2 N–H and O–H groups in total. The van der Waals surface area contributed by atoms with Crippen molar-refractivity contribution in [1.29, 1.82) is 0 Å². The number of nitrogens with two attached hydrogens (primary N) is 1. The summed E-state index contributed by atoms with van der Waals surface area (Å²) in [5.41, 5.74) is 6.78. The van der Waals surface area contributed by atoms with Crippen LogP contribution in [-0.4, -0.2) is 0 Å². The minimum absolute atomic E-state index is 0.321. The van der Waals surface area contributed by atoms with Crippen LogP contribution in [-0.2, 0) is 5.54 Å². The highest BCUT2D eigenvalue weighted by atomic mass is 79.9. The average Bonchev–Trinajstić information content (AvgIpc) is 1.82. The van der Waals surface area contributed by atoms with E-state index in [2.05, 4.69) is 31.9 Å². The van der Waals surface area contributed by atoms with Crippen molar-refractivity contribution in [3.63, 3.8) is 0 Å². The Morgan fingerprint density at radius 3 is 1.83 bits per heavy atom. The lowest BCUT2D eigenvalue weighted by molar-refractivity contribution is 0.549. The van der Waals surface area contributed by atoms with Crippen LogP contribution in [0.3, 0.4) is 0 Å². The lowest BCUT2D eigenvalue weighted by atomic mass is 9.96. The van der Waals surface area contributed by atoms with E-state index in [9.17, 15) is 0 Å². The van der Waals surface area contributed by atoms with Crippen molar-refractivity contribution in [2.75, 3.05) is 0 Å². The molecule has 0 radical (unpaired) electrons. The van der Waals surface area contributed by atoms with Crippen LogP contribution in [0.1, 0.15) is 19.4 Å². The van der Waals surface area contributed by atoms with Gasteiger partial charge in [-0.25, -0.2) is 0 Å². The van der Waals surface area contributed by atoms with Crippen LogP contribution in [0.2, 0.25) is 0 Å². The van der Waals surface area contributed by atoms with E-state index >= 15 is 0 Å². The molecule has 1 rings (SSSR count). The summed E-state index contributed by atoms with van der Waals surface area (Å²) in [6, 6.07) is 5.97. The van der Waals surface area contributed by atoms with Gasteiger partial charge in [-0.3, -0.25) is 0 Å². The third-order valence-corrected chi connectivity index (χ3v) is 2.93. The monoisotopic (exact) mass is 291 g/mol. The molecular weight excluding hydrogens is 282 g/mol. The zero-order valence-electron chi connectivity index (χ0n) is 7.07. The van der Waals surface area contributed by atoms with Gasteiger partial charge in [0, 0.05) is 14.5 Å². The highest BCUT2D eigenvalue weighted by Gasteiger charge is 2.19. The van der Waals surface area contributed by atoms with Gasteiger partial charge in [0.15, 0.2) is 0 Å². The smallest absolute Gasteiger partial charge is 0.0374 e. The van der Waals surface area contributed by atoms with Crippen molar-refractivity contribution in [3.05, 3.63) is 32.7 Å². The van der Waals surface area contributed by atoms with Gasteiger partial charge in [0.05, 0.1) is 0 Å². The molecule has 0 aliphatic heterocycles. The maximum atomic E-state index is 6.00. The molecule has 12 heavy (non-hydrogen) atoms. The third kappa shape index (κ3) is 2.09. The number of halogens is 2. The van der Waals surface area contributed by atoms with E-state index < -0.39 is 0 Å². The summed E-state index contributed by atoms with van der Waals surface area (Å²) < 4.78 is 2.09. The zero-order chi connectivity index (χ0) is 9.35. The number of benzene rings is 1. The molecule has 0 aliphatic carbocycles. The fourth-order valence-corrected chi connectivity index (χ4v) is 3.13. The third-order valence-electron chi connectivity index (χ3n) is 1.61. The molecule has 1 nitrogen and oxygen atoms in total. The summed E-state index contributed by atoms with van der Waals surface area (Å²) in [5, 5.41) is 0. The van der Waals surface area contributed by atoms with Gasteiger partial charge < -0.3 is 5.73 Å². The van der Waals surface area contributed by atoms with Crippen molar-refractivity contribution >= 4 is 31.9 Å². The SMILES string of the molecule is CC(C)(N)c1c(Br)cccc1Br. The van der Waals surface area contributed by atoms with Gasteiger partial charge in [-0.1, -0.05) is 37.9 Å². The normalized spacial score (nSPS) is 11.8. The molecule has 1 aromatic rings. The fourth-order valence-electron chi connectivity index (χ4n) is 1.11. The molecule has 0 saturated carbocycles. The van der Waals surface area contributed by atoms with Crippen molar-refractivity contribution < 1.29 is 0 Å². The van der Waals surface area contributed by atoms with E-state index in [-0.39, 0.29) is 5.54 Å². The van der Waals surface area contributed by atoms with Crippen molar-refractivity contribution in [2.24, 2.45) is 5.73 Å². The molecule has 3 heteroatoms. The predicted molar refractivity (Wildman–Crippen MR) is 59.1 cm³/mol. The Kier molecular flexibility index (Phi) is 2.97. The van der Waals surface area contributed by atoms with Gasteiger partial charge in [-0.2, -0.15) is 0 Å². The fraction of sp³-hybridized carbons (Fsp3) is 0.333. The van der Waals surface area contributed by atoms with Crippen LogP contribution in [0.4, 0.5) is 0 Å². The second-order valence-electron chi connectivity index (χ2n) is 3.32. The standard InChI is InChI=1S/C9H11Br2N/c1-9(2,12)8-6(10)4-3-5-7(8)11/h3-5H,12H2,1-2H3. The van der Waals surface area contributed by atoms with Gasteiger partial charge >= 0.3 is 0 Å². The molecule has 0 aliphatic rings.